The third-order valence-electron chi connectivity index (χ3n) is 6.76. The average molecular weight is 583 g/mol. The van der Waals surface area contributed by atoms with Crippen molar-refractivity contribution < 1.29 is 19.0 Å². The highest BCUT2D eigenvalue weighted by Gasteiger charge is 2.45. The quantitative estimate of drug-likeness (QED) is 0.256. The lowest BCUT2D eigenvalue weighted by molar-refractivity contribution is -0.00139. The van der Waals surface area contributed by atoms with Crippen molar-refractivity contribution in [3.05, 3.63) is 93.0 Å². The Labute approximate surface area is 231 Å². The molecule has 0 aliphatic rings. The van der Waals surface area contributed by atoms with Gasteiger partial charge in [-0.25, -0.2) is 9.37 Å². The van der Waals surface area contributed by atoms with E-state index in [9.17, 15) is 5.11 Å². The Hall–Kier alpha value is -3.07. The average Bonchev–Trinajstić information content (AvgIpc) is 2.87. The largest absolute Gasteiger partial charge is 0.494 e. The van der Waals surface area contributed by atoms with Gasteiger partial charge in [0.25, 0.3) is 0 Å². The molecule has 2 atom stereocenters. The molecule has 0 amide bonds. The van der Waals surface area contributed by atoms with E-state index >= 15 is 4.39 Å². The van der Waals surface area contributed by atoms with Crippen LogP contribution >= 0.6 is 15.9 Å². The summed E-state index contributed by atoms with van der Waals surface area (Å²) in [5, 5.41) is 13.6. The van der Waals surface area contributed by atoms with Crippen molar-refractivity contribution in [3.8, 4) is 11.6 Å². The van der Waals surface area contributed by atoms with E-state index in [1.165, 1.54) is 14.2 Å². The molecule has 0 aliphatic heterocycles. The van der Waals surface area contributed by atoms with E-state index in [2.05, 4.69) is 15.9 Å². The molecule has 0 fully saturated rings. The highest BCUT2D eigenvalue weighted by Crippen LogP contribution is 2.48. The van der Waals surface area contributed by atoms with Crippen LogP contribution in [0.15, 0.2) is 59.1 Å². The highest BCUT2D eigenvalue weighted by atomic mass is 79.9. The summed E-state index contributed by atoms with van der Waals surface area (Å²) in [7, 11) is 6.83. The van der Waals surface area contributed by atoms with E-state index in [1.807, 2.05) is 69.2 Å². The number of fused-ring (bicyclic) bond motifs is 1. The molecule has 38 heavy (non-hydrogen) atoms. The zero-order chi connectivity index (χ0) is 27.6. The molecule has 0 aliphatic carbocycles. The summed E-state index contributed by atoms with van der Waals surface area (Å²) < 4.78 is 28.1. The molecule has 4 aromatic rings. The number of methoxy groups -OCH3 is 2. The molecule has 0 spiro atoms. The number of hydrogen-bond donors (Lipinski definition) is 1. The highest BCUT2D eigenvalue weighted by molar-refractivity contribution is 9.10. The molecule has 4 rings (SSSR count). The van der Waals surface area contributed by atoms with Crippen LogP contribution in [0.5, 0.6) is 11.6 Å². The predicted molar refractivity (Wildman–Crippen MR) is 152 cm³/mol. The molecule has 6 nitrogen and oxygen atoms in total. The molecule has 1 N–H and O–H groups in total. The monoisotopic (exact) mass is 581 g/mol. The summed E-state index contributed by atoms with van der Waals surface area (Å²) in [5.74, 6) is -1.08. The third-order valence-corrected chi connectivity index (χ3v) is 7.25. The fraction of sp³-hybridized carbons (Fsp3) is 0.333. The SMILES string of the molecule is COc1cccc(C(c2cc3cc(Br)ccc3nc2OC)C(O)(CCN(C)C)c2cc(C)cc(C)n2)c1F. The van der Waals surface area contributed by atoms with Gasteiger partial charge in [-0.3, -0.25) is 4.98 Å². The van der Waals surface area contributed by atoms with Crippen molar-refractivity contribution in [2.45, 2.75) is 31.8 Å². The van der Waals surface area contributed by atoms with Crippen LogP contribution in [0.25, 0.3) is 10.9 Å². The summed E-state index contributed by atoms with van der Waals surface area (Å²) in [6.07, 6.45) is 0.275. The molecular weight excluding hydrogens is 549 g/mol. The first kappa shape index (κ1) is 28.0. The van der Waals surface area contributed by atoms with E-state index < -0.39 is 17.3 Å². The first-order valence-electron chi connectivity index (χ1n) is 12.4. The summed E-state index contributed by atoms with van der Waals surface area (Å²) in [6, 6.07) is 16.4. The van der Waals surface area contributed by atoms with Crippen molar-refractivity contribution >= 4 is 26.8 Å². The van der Waals surface area contributed by atoms with Crippen LogP contribution < -0.4 is 9.47 Å². The van der Waals surface area contributed by atoms with Crippen molar-refractivity contribution in [2.24, 2.45) is 0 Å². The minimum absolute atomic E-state index is 0.0892. The van der Waals surface area contributed by atoms with Crippen LogP contribution in [0.1, 0.15) is 40.4 Å². The van der Waals surface area contributed by atoms with Gasteiger partial charge in [0.05, 0.1) is 31.3 Å². The van der Waals surface area contributed by atoms with Crippen molar-refractivity contribution in [2.75, 3.05) is 34.9 Å². The molecule has 0 saturated carbocycles. The van der Waals surface area contributed by atoms with Crippen LogP contribution in [0.2, 0.25) is 0 Å². The van der Waals surface area contributed by atoms with Gasteiger partial charge in [-0.2, -0.15) is 0 Å². The molecule has 0 saturated heterocycles. The lowest BCUT2D eigenvalue weighted by Gasteiger charge is -2.38. The Morgan fingerprint density at radius 3 is 2.42 bits per heavy atom. The summed E-state index contributed by atoms with van der Waals surface area (Å²) in [4.78, 5) is 11.5. The van der Waals surface area contributed by atoms with Gasteiger partial charge in [0.2, 0.25) is 5.88 Å². The zero-order valence-electron chi connectivity index (χ0n) is 22.5. The second-order valence-electron chi connectivity index (χ2n) is 9.87. The summed E-state index contributed by atoms with van der Waals surface area (Å²) in [6.45, 7) is 4.38. The minimum atomic E-state index is -1.62. The van der Waals surface area contributed by atoms with Gasteiger partial charge in [0, 0.05) is 33.2 Å². The molecule has 200 valence electrons. The number of ether oxygens (including phenoxy) is 2. The van der Waals surface area contributed by atoms with E-state index in [4.69, 9.17) is 19.4 Å². The Balaban J connectivity index is 2.11. The van der Waals surface area contributed by atoms with Crippen molar-refractivity contribution in [3.63, 3.8) is 0 Å². The van der Waals surface area contributed by atoms with Crippen LogP contribution in [0, 0.1) is 19.7 Å². The number of hydrogen-bond acceptors (Lipinski definition) is 6. The van der Waals surface area contributed by atoms with Crippen LogP contribution in [0.3, 0.4) is 0 Å². The number of halogens is 2. The second kappa shape index (κ2) is 11.4. The maximum Gasteiger partial charge on any atom is 0.217 e. The van der Waals surface area contributed by atoms with Gasteiger partial charge in [0.1, 0.15) is 5.60 Å². The molecule has 2 aromatic carbocycles. The Bertz CT molecular complexity index is 1440. The fourth-order valence-corrected chi connectivity index (χ4v) is 5.36. The number of aromatic nitrogens is 2. The molecule has 0 bridgehead atoms. The number of aryl methyl sites for hydroxylation is 2. The zero-order valence-corrected chi connectivity index (χ0v) is 24.1. The smallest absolute Gasteiger partial charge is 0.217 e. The summed E-state index contributed by atoms with van der Waals surface area (Å²) >= 11 is 3.54. The standard InChI is InChI=1S/C30H33BrFN3O3/c1-18-14-19(2)33-26(15-18)30(36,12-13-35(3)4)27(22-8-7-9-25(37-5)28(22)32)23-17-20-16-21(31)10-11-24(20)34-29(23)38-6/h7-11,14-17,27,36H,12-13H2,1-6H3. The maximum absolute atomic E-state index is 16.1. The van der Waals surface area contributed by atoms with E-state index in [-0.39, 0.29) is 17.7 Å². The number of pyridine rings is 2. The molecule has 0 radical (unpaired) electrons. The number of nitrogens with zero attached hydrogens (tertiary/aromatic N) is 3. The van der Waals surface area contributed by atoms with E-state index in [0.29, 0.717) is 23.7 Å². The van der Waals surface area contributed by atoms with Gasteiger partial charge >= 0.3 is 0 Å². The van der Waals surface area contributed by atoms with Crippen molar-refractivity contribution in [1.82, 2.24) is 14.9 Å². The Morgan fingerprint density at radius 1 is 1.00 bits per heavy atom. The van der Waals surface area contributed by atoms with E-state index in [0.717, 1.165) is 26.6 Å². The molecule has 2 heterocycles. The molecule has 2 unspecified atom stereocenters. The van der Waals surface area contributed by atoms with Crippen LogP contribution in [0.4, 0.5) is 4.39 Å². The third kappa shape index (κ3) is 5.53. The van der Waals surface area contributed by atoms with E-state index in [1.54, 1.807) is 18.2 Å². The maximum atomic E-state index is 16.1. The molecular formula is C30H33BrFN3O3. The Morgan fingerprint density at radius 2 is 1.76 bits per heavy atom. The number of rotatable bonds is 9. The molecule has 8 heteroatoms. The van der Waals surface area contributed by atoms with Gasteiger partial charge < -0.3 is 19.5 Å². The summed E-state index contributed by atoms with van der Waals surface area (Å²) in [5.41, 5.74) is 2.09. The predicted octanol–water partition coefficient (Wildman–Crippen LogP) is 6.14. The first-order chi connectivity index (χ1) is 18.1. The van der Waals surface area contributed by atoms with Gasteiger partial charge in [-0.1, -0.05) is 28.1 Å². The van der Waals surface area contributed by atoms with Gasteiger partial charge in [-0.15, -0.1) is 0 Å². The molecule has 2 aromatic heterocycles. The first-order valence-corrected chi connectivity index (χ1v) is 13.2. The lowest BCUT2D eigenvalue weighted by atomic mass is 9.72. The lowest BCUT2D eigenvalue weighted by Crippen LogP contribution is -2.39. The van der Waals surface area contributed by atoms with Gasteiger partial charge in [0.15, 0.2) is 11.6 Å². The minimum Gasteiger partial charge on any atom is -0.494 e. The van der Waals surface area contributed by atoms with Crippen LogP contribution in [-0.4, -0.2) is 54.8 Å². The van der Waals surface area contributed by atoms with Crippen molar-refractivity contribution in [1.29, 1.82) is 0 Å². The second-order valence-corrected chi connectivity index (χ2v) is 10.8. The Kier molecular flexibility index (Phi) is 8.35. The number of aliphatic hydroxyl groups is 1. The number of benzene rings is 2. The fourth-order valence-electron chi connectivity index (χ4n) is 4.98. The van der Waals surface area contributed by atoms with Gasteiger partial charge in [-0.05, 0) is 82.4 Å². The normalized spacial score (nSPS) is 13.9. The van der Waals surface area contributed by atoms with Crippen LogP contribution in [-0.2, 0) is 5.60 Å². The topological polar surface area (TPSA) is 67.7 Å².